The quantitative estimate of drug-likeness (QED) is 0.251. The van der Waals surface area contributed by atoms with E-state index in [0.29, 0.717) is 0 Å². The zero-order valence-corrected chi connectivity index (χ0v) is 16.3. The van der Waals surface area contributed by atoms with E-state index in [1.807, 2.05) is 0 Å². The average molecular weight is 311 g/mol. The van der Waals surface area contributed by atoms with E-state index < -0.39 is 0 Å². The summed E-state index contributed by atoms with van der Waals surface area (Å²) in [6.07, 6.45) is 18.7. The molecule has 0 aromatic rings. The molecule has 0 amide bonds. The predicted octanol–water partition coefficient (Wildman–Crippen LogP) is 3.63. The van der Waals surface area contributed by atoms with E-state index in [0.717, 1.165) is 34.4 Å². The molecular weight excluding hydrogens is 276 g/mol. The van der Waals surface area contributed by atoms with Crippen LogP contribution in [0.3, 0.4) is 0 Å². The maximum Gasteiger partial charge on any atom is 0.140 e. The third-order valence-corrected chi connectivity index (χ3v) is 7.05. The number of rotatable bonds is 11. The Morgan fingerprint density at radius 1 is 0.952 bits per heavy atom. The Morgan fingerprint density at radius 3 is 2.19 bits per heavy atom. The summed E-state index contributed by atoms with van der Waals surface area (Å²) in [6.45, 7) is 0. The number of methoxy groups -OCH3 is 2. The predicted molar refractivity (Wildman–Crippen MR) is 92.5 cm³/mol. The molecule has 3 heteroatoms. The van der Waals surface area contributed by atoms with Gasteiger partial charge in [0.2, 0.25) is 0 Å². The van der Waals surface area contributed by atoms with Crippen LogP contribution < -0.4 is 0 Å². The molecule has 2 rings (SSSR count). The van der Waals surface area contributed by atoms with Crippen molar-refractivity contribution < 1.29 is 9.47 Å². The number of allylic oxidation sites excluding steroid dienone is 2. The highest BCUT2D eigenvalue weighted by Crippen LogP contribution is 2.45. The van der Waals surface area contributed by atoms with E-state index in [-0.39, 0.29) is 5.41 Å². The van der Waals surface area contributed by atoms with Crippen LogP contribution >= 0.6 is 0 Å². The molecule has 0 heterocycles. The number of hydrogen-bond acceptors (Lipinski definition) is 2. The molecule has 0 saturated heterocycles. The largest absolute Gasteiger partial charge is 0.358 e. The second-order valence-electron chi connectivity index (χ2n) is 7.24. The minimum atomic E-state index is -0.241. The fourth-order valence-corrected chi connectivity index (χ4v) is 4.43. The summed E-state index contributed by atoms with van der Waals surface area (Å²) in [5, 5.41) is 0. The first-order chi connectivity index (χ1) is 10.2. The minimum absolute atomic E-state index is 0.241. The summed E-state index contributed by atoms with van der Waals surface area (Å²) >= 11 is 0. The topological polar surface area (TPSA) is 18.5 Å². The van der Waals surface area contributed by atoms with Crippen LogP contribution in [-0.2, 0) is 9.47 Å². The summed E-state index contributed by atoms with van der Waals surface area (Å²) < 4.78 is 10.9. The minimum Gasteiger partial charge on any atom is -0.358 e. The Balaban J connectivity index is 1.41. The first-order valence-electron chi connectivity index (χ1n) is 8.95. The standard InChI is InChI=1S/C18H34O2Si/c1-19-18(21,20-2)12-8-6-4-3-5-7-9-16-13-15-10-11-17(16)14-15/h10-11,15-17H,3-9,12-14H2,1-2,21H3. The summed E-state index contributed by atoms with van der Waals surface area (Å²) in [5.74, 6) is 2.91. The molecule has 1 fully saturated rings. The Bertz CT molecular complexity index is 325. The zero-order valence-electron chi connectivity index (χ0n) is 14.3. The molecule has 2 bridgehead atoms. The van der Waals surface area contributed by atoms with Gasteiger partial charge in [-0.25, -0.2) is 0 Å². The second-order valence-corrected chi connectivity index (χ2v) is 8.77. The lowest BCUT2D eigenvalue weighted by Gasteiger charge is -2.26. The van der Waals surface area contributed by atoms with Crippen molar-refractivity contribution in [1.29, 1.82) is 0 Å². The summed E-state index contributed by atoms with van der Waals surface area (Å²) in [5.41, 5.74) is -0.241. The first-order valence-corrected chi connectivity index (χ1v) is 9.95. The van der Waals surface area contributed by atoms with Crippen LogP contribution in [0, 0.1) is 17.8 Å². The lowest BCUT2D eigenvalue weighted by molar-refractivity contribution is -0.146. The smallest absolute Gasteiger partial charge is 0.140 e. The molecule has 0 radical (unpaired) electrons. The normalized spacial score (nSPS) is 27.8. The van der Waals surface area contributed by atoms with Gasteiger partial charge in [0.15, 0.2) is 0 Å². The van der Waals surface area contributed by atoms with Gasteiger partial charge in [0.25, 0.3) is 0 Å². The third kappa shape index (κ3) is 5.22. The van der Waals surface area contributed by atoms with Gasteiger partial charge in [0.1, 0.15) is 5.41 Å². The van der Waals surface area contributed by atoms with Crippen molar-refractivity contribution >= 4 is 10.2 Å². The number of ether oxygens (including phenoxy) is 2. The van der Waals surface area contributed by atoms with Crippen molar-refractivity contribution in [3.05, 3.63) is 12.2 Å². The maximum absolute atomic E-state index is 5.45. The second kappa shape index (κ2) is 8.49. The molecule has 0 aromatic heterocycles. The van der Waals surface area contributed by atoms with Gasteiger partial charge in [0, 0.05) is 14.2 Å². The fourth-order valence-electron chi connectivity index (χ4n) is 4.07. The molecule has 2 aliphatic carbocycles. The van der Waals surface area contributed by atoms with Gasteiger partial charge in [0.05, 0.1) is 10.2 Å². The maximum atomic E-state index is 5.45. The highest BCUT2D eigenvalue weighted by atomic mass is 28.1. The highest BCUT2D eigenvalue weighted by Gasteiger charge is 2.34. The average Bonchev–Trinajstić information content (AvgIpc) is 3.12. The summed E-state index contributed by atoms with van der Waals surface area (Å²) in [6, 6.07) is 0. The SMILES string of the molecule is COC([SiH3])(CCCCCCCCC1CC2C=CC1C2)OC. The summed E-state index contributed by atoms with van der Waals surface area (Å²) in [4.78, 5) is 0. The van der Waals surface area contributed by atoms with Crippen LogP contribution in [0.4, 0.5) is 0 Å². The van der Waals surface area contributed by atoms with Gasteiger partial charge < -0.3 is 9.47 Å². The van der Waals surface area contributed by atoms with Crippen LogP contribution in [-0.4, -0.2) is 29.9 Å². The molecule has 3 atom stereocenters. The van der Waals surface area contributed by atoms with Gasteiger partial charge in [-0.3, -0.25) is 0 Å². The molecule has 3 unspecified atom stereocenters. The number of unbranched alkanes of at least 4 members (excludes halogenated alkanes) is 5. The highest BCUT2D eigenvalue weighted by molar-refractivity contribution is 6.13. The van der Waals surface area contributed by atoms with Gasteiger partial charge in [-0.1, -0.05) is 44.3 Å². The van der Waals surface area contributed by atoms with E-state index in [2.05, 4.69) is 12.2 Å². The molecule has 0 aliphatic heterocycles. The Kier molecular flexibility index (Phi) is 6.97. The molecule has 0 spiro atoms. The van der Waals surface area contributed by atoms with Crippen molar-refractivity contribution in [3.8, 4) is 0 Å². The van der Waals surface area contributed by atoms with E-state index >= 15 is 0 Å². The van der Waals surface area contributed by atoms with Gasteiger partial charge >= 0.3 is 0 Å². The lowest BCUT2D eigenvalue weighted by Crippen LogP contribution is -2.33. The molecule has 21 heavy (non-hydrogen) atoms. The van der Waals surface area contributed by atoms with Crippen molar-refractivity contribution in [3.63, 3.8) is 0 Å². The lowest BCUT2D eigenvalue weighted by atomic mass is 9.88. The van der Waals surface area contributed by atoms with Crippen molar-refractivity contribution in [2.75, 3.05) is 14.2 Å². The van der Waals surface area contributed by atoms with E-state index in [9.17, 15) is 0 Å². The van der Waals surface area contributed by atoms with Crippen LogP contribution in [0.1, 0.15) is 64.2 Å². The molecular formula is C18H34O2Si. The first kappa shape index (κ1) is 17.2. The van der Waals surface area contributed by atoms with E-state index in [1.165, 1.54) is 57.8 Å². The monoisotopic (exact) mass is 310 g/mol. The Labute approximate surface area is 134 Å². The Hall–Kier alpha value is -0.123. The zero-order chi connectivity index (χ0) is 15.1. The number of hydrogen-bond donors (Lipinski definition) is 0. The van der Waals surface area contributed by atoms with E-state index in [1.54, 1.807) is 14.2 Å². The molecule has 122 valence electrons. The Morgan fingerprint density at radius 2 is 1.62 bits per heavy atom. The molecule has 2 aliphatic rings. The van der Waals surface area contributed by atoms with Crippen molar-refractivity contribution in [1.82, 2.24) is 0 Å². The molecule has 1 saturated carbocycles. The van der Waals surface area contributed by atoms with Crippen LogP contribution in [0.15, 0.2) is 12.2 Å². The van der Waals surface area contributed by atoms with Crippen LogP contribution in [0.5, 0.6) is 0 Å². The van der Waals surface area contributed by atoms with Crippen LogP contribution in [0.25, 0.3) is 0 Å². The van der Waals surface area contributed by atoms with Gasteiger partial charge in [-0.05, 0) is 49.9 Å². The van der Waals surface area contributed by atoms with Crippen molar-refractivity contribution in [2.45, 2.75) is 69.6 Å². The van der Waals surface area contributed by atoms with Crippen molar-refractivity contribution in [2.24, 2.45) is 17.8 Å². The third-order valence-electron chi connectivity index (χ3n) is 5.74. The molecule has 0 aromatic carbocycles. The van der Waals surface area contributed by atoms with Gasteiger partial charge in [-0.15, -0.1) is 0 Å². The fraction of sp³-hybridized carbons (Fsp3) is 0.889. The van der Waals surface area contributed by atoms with Crippen LogP contribution in [0.2, 0.25) is 0 Å². The number of fused-ring (bicyclic) bond motifs is 2. The van der Waals surface area contributed by atoms with Gasteiger partial charge in [-0.2, -0.15) is 0 Å². The molecule has 2 nitrogen and oxygen atoms in total. The van der Waals surface area contributed by atoms with E-state index in [4.69, 9.17) is 9.47 Å². The molecule has 0 N–H and O–H groups in total. The summed E-state index contributed by atoms with van der Waals surface area (Å²) in [7, 11) is 4.48.